The predicted molar refractivity (Wildman–Crippen MR) is 104 cm³/mol. The van der Waals surface area contributed by atoms with Crippen molar-refractivity contribution in [3.05, 3.63) is 70.5 Å². The molecule has 140 valence electrons. The highest BCUT2D eigenvalue weighted by Gasteiger charge is 2.15. The zero-order valence-electron chi connectivity index (χ0n) is 15.3. The van der Waals surface area contributed by atoms with Crippen LogP contribution < -0.4 is 10.9 Å². The van der Waals surface area contributed by atoms with Crippen LogP contribution in [0.5, 0.6) is 0 Å². The van der Waals surface area contributed by atoms with Crippen LogP contribution >= 0.6 is 0 Å². The molecule has 0 saturated heterocycles. The third kappa shape index (κ3) is 3.27. The van der Waals surface area contributed by atoms with Gasteiger partial charge in [0.2, 0.25) is 5.91 Å². The molecule has 0 saturated carbocycles. The van der Waals surface area contributed by atoms with E-state index in [1.54, 1.807) is 30.3 Å². The molecule has 2 aromatic carbocycles. The van der Waals surface area contributed by atoms with Crippen LogP contribution in [0.25, 0.3) is 22.4 Å². The van der Waals surface area contributed by atoms with Gasteiger partial charge in [0.15, 0.2) is 5.82 Å². The molecule has 4 rings (SSSR count). The number of fused-ring (bicyclic) bond motifs is 1. The van der Waals surface area contributed by atoms with Crippen LogP contribution in [0, 0.1) is 6.92 Å². The molecule has 0 unspecified atom stereocenters. The second kappa shape index (κ2) is 7.07. The molecule has 0 atom stereocenters. The van der Waals surface area contributed by atoms with Crippen molar-refractivity contribution >= 4 is 22.5 Å². The van der Waals surface area contributed by atoms with Gasteiger partial charge < -0.3 is 9.84 Å². The second-order valence-corrected chi connectivity index (χ2v) is 6.37. The number of benzene rings is 2. The van der Waals surface area contributed by atoms with E-state index in [0.717, 1.165) is 5.56 Å². The van der Waals surface area contributed by atoms with Gasteiger partial charge in [-0.05, 0) is 36.8 Å². The van der Waals surface area contributed by atoms with E-state index < -0.39 is 0 Å². The number of carbonyl (C=O) groups excluding carboxylic acids is 1. The molecular formula is C20H17N5O3. The highest BCUT2D eigenvalue weighted by molar-refractivity contribution is 5.90. The zero-order valence-corrected chi connectivity index (χ0v) is 15.3. The number of para-hydroxylation sites is 1. The van der Waals surface area contributed by atoms with Gasteiger partial charge in [0.05, 0.1) is 23.8 Å². The standard InChI is InChI=1S/C20H17N5O3/c1-12-14(7-5-9-16(12)22-13(2)26)19-23-18(24-28-19)10-25-11-21-17-8-4-3-6-15(17)20(25)27/h3-9,11H,10H2,1-2H3,(H,22,26). The molecule has 8 heteroatoms. The molecule has 8 nitrogen and oxygen atoms in total. The number of rotatable bonds is 4. The quantitative estimate of drug-likeness (QED) is 0.588. The first kappa shape index (κ1) is 17.6. The largest absolute Gasteiger partial charge is 0.334 e. The summed E-state index contributed by atoms with van der Waals surface area (Å²) in [5, 5.41) is 7.29. The van der Waals surface area contributed by atoms with Crippen LogP contribution in [0.4, 0.5) is 5.69 Å². The van der Waals surface area contributed by atoms with Crippen LogP contribution in [-0.2, 0) is 11.3 Å². The molecular weight excluding hydrogens is 358 g/mol. The number of nitrogens with zero attached hydrogens (tertiary/aromatic N) is 4. The van der Waals surface area contributed by atoms with Gasteiger partial charge in [-0.3, -0.25) is 14.2 Å². The Bertz CT molecular complexity index is 1240. The lowest BCUT2D eigenvalue weighted by molar-refractivity contribution is -0.114. The number of nitrogens with one attached hydrogen (secondary N) is 1. The van der Waals surface area contributed by atoms with E-state index in [2.05, 4.69) is 20.4 Å². The lowest BCUT2D eigenvalue weighted by Gasteiger charge is -2.08. The summed E-state index contributed by atoms with van der Waals surface area (Å²) in [6.45, 7) is 3.46. The summed E-state index contributed by atoms with van der Waals surface area (Å²) in [7, 11) is 0. The molecule has 0 bridgehead atoms. The van der Waals surface area contributed by atoms with Crippen LogP contribution in [0.1, 0.15) is 18.3 Å². The minimum atomic E-state index is -0.166. The fourth-order valence-electron chi connectivity index (χ4n) is 2.99. The Morgan fingerprint density at radius 1 is 1.18 bits per heavy atom. The van der Waals surface area contributed by atoms with Crippen molar-refractivity contribution in [1.82, 2.24) is 19.7 Å². The number of carbonyl (C=O) groups is 1. The molecule has 0 fully saturated rings. The zero-order chi connectivity index (χ0) is 19.7. The van der Waals surface area contributed by atoms with Crippen molar-refractivity contribution in [2.45, 2.75) is 20.4 Å². The highest BCUT2D eigenvalue weighted by atomic mass is 16.5. The van der Waals surface area contributed by atoms with Gasteiger partial charge in [-0.25, -0.2) is 4.98 Å². The van der Waals surface area contributed by atoms with Crippen LogP contribution in [-0.4, -0.2) is 25.6 Å². The van der Waals surface area contributed by atoms with E-state index >= 15 is 0 Å². The average molecular weight is 375 g/mol. The fourth-order valence-corrected chi connectivity index (χ4v) is 2.99. The Hall–Kier alpha value is -3.81. The van der Waals surface area contributed by atoms with Gasteiger partial charge >= 0.3 is 0 Å². The molecule has 2 heterocycles. The minimum absolute atomic E-state index is 0.143. The van der Waals surface area contributed by atoms with Gasteiger partial charge in [-0.15, -0.1) is 0 Å². The Morgan fingerprint density at radius 3 is 2.82 bits per heavy atom. The molecule has 28 heavy (non-hydrogen) atoms. The smallest absolute Gasteiger partial charge is 0.261 e. The SMILES string of the molecule is CC(=O)Nc1cccc(-c2nc(Cn3cnc4ccccc4c3=O)no2)c1C. The molecule has 4 aromatic rings. The predicted octanol–water partition coefficient (Wildman–Crippen LogP) is 2.76. The molecule has 0 aliphatic heterocycles. The minimum Gasteiger partial charge on any atom is -0.334 e. The van der Waals surface area contributed by atoms with Crippen molar-refractivity contribution in [2.75, 3.05) is 5.32 Å². The Kier molecular flexibility index (Phi) is 4.44. The van der Waals surface area contributed by atoms with Gasteiger partial charge in [-0.1, -0.05) is 23.4 Å². The highest BCUT2D eigenvalue weighted by Crippen LogP contribution is 2.27. The van der Waals surface area contributed by atoms with E-state index in [1.165, 1.54) is 17.8 Å². The van der Waals surface area contributed by atoms with Crippen LogP contribution in [0.2, 0.25) is 0 Å². The third-order valence-corrected chi connectivity index (χ3v) is 4.39. The lowest BCUT2D eigenvalue weighted by atomic mass is 10.1. The Balaban J connectivity index is 1.65. The van der Waals surface area contributed by atoms with Crippen molar-refractivity contribution < 1.29 is 9.32 Å². The van der Waals surface area contributed by atoms with Gasteiger partial charge in [-0.2, -0.15) is 4.98 Å². The van der Waals surface area contributed by atoms with E-state index in [9.17, 15) is 9.59 Å². The number of amides is 1. The maximum Gasteiger partial charge on any atom is 0.261 e. The fraction of sp³-hybridized carbons (Fsp3) is 0.150. The van der Waals surface area contributed by atoms with E-state index in [1.807, 2.05) is 19.1 Å². The van der Waals surface area contributed by atoms with Gasteiger partial charge in [0.25, 0.3) is 11.4 Å². The average Bonchev–Trinajstić information content (AvgIpc) is 3.14. The summed E-state index contributed by atoms with van der Waals surface area (Å²) < 4.78 is 6.82. The molecule has 1 N–H and O–H groups in total. The molecule has 1 amide bonds. The monoisotopic (exact) mass is 375 g/mol. The molecule has 0 aliphatic carbocycles. The summed E-state index contributed by atoms with van der Waals surface area (Å²) in [4.78, 5) is 32.6. The van der Waals surface area contributed by atoms with Crippen LogP contribution in [0.15, 0.2) is 58.1 Å². The molecule has 0 spiro atoms. The number of aromatic nitrogens is 4. The molecule has 0 radical (unpaired) electrons. The number of hydrogen-bond donors (Lipinski definition) is 1. The van der Waals surface area contributed by atoms with E-state index in [0.29, 0.717) is 33.9 Å². The van der Waals surface area contributed by atoms with Crippen molar-refractivity contribution in [3.63, 3.8) is 0 Å². The summed E-state index contributed by atoms with van der Waals surface area (Å²) in [6, 6.07) is 12.6. The first-order valence-corrected chi connectivity index (χ1v) is 8.67. The maximum atomic E-state index is 12.6. The maximum absolute atomic E-state index is 12.6. The second-order valence-electron chi connectivity index (χ2n) is 6.37. The van der Waals surface area contributed by atoms with E-state index in [-0.39, 0.29) is 18.0 Å². The van der Waals surface area contributed by atoms with Crippen molar-refractivity contribution in [3.8, 4) is 11.5 Å². The summed E-state index contributed by atoms with van der Waals surface area (Å²) in [5.74, 6) is 0.523. The Labute approximate surface area is 159 Å². The first-order chi connectivity index (χ1) is 13.5. The lowest BCUT2D eigenvalue weighted by Crippen LogP contribution is -2.21. The Morgan fingerprint density at radius 2 is 2.00 bits per heavy atom. The molecule has 0 aliphatic rings. The molecule has 2 aromatic heterocycles. The third-order valence-electron chi connectivity index (χ3n) is 4.39. The summed E-state index contributed by atoms with van der Waals surface area (Å²) >= 11 is 0. The van der Waals surface area contributed by atoms with Crippen molar-refractivity contribution in [2.24, 2.45) is 0 Å². The topological polar surface area (TPSA) is 103 Å². The summed E-state index contributed by atoms with van der Waals surface area (Å²) in [6.07, 6.45) is 1.48. The van der Waals surface area contributed by atoms with Crippen molar-refractivity contribution in [1.29, 1.82) is 0 Å². The summed E-state index contributed by atoms with van der Waals surface area (Å²) in [5.41, 5.74) is 2.69. The van der Waals surface area contributed by atoms with Gasteiger partial charge in [0.1, 0.15) is 0 Å². The normalized spacial score (nSPS) is 10.9. The van der Waals surface area contributed by atoms with Crippen LogP contribution in [0.3, 0.4) is 0 Å². The number of hydrogen-bond acceptors (Lipinski definition) is 6. The number of anilines is 1. The van der Waals surface area contributed by atoms with Gasteiger partial charge in [0, 0.05) is 18.2 Å². The van der Waals surface area contributed by atoms with E-state index in [4.69, 9.17) is 4.52 Å². The first-order valence-electron chi connectivity index (χ1n) is 8.67.